The fourth-order valence-corrected chi connectivity index (χ4v) is 4.54. The molecular weight excluding hydrogens is 396 g/mol. The predicted molar refractivity (Wildman–Crippen MR) is 121 cm³/mol. The van der Waals surface area contributed by atoms with Gasteiger partial charge in [-0.25, -0.2) is 4.68 Å². The van der Waals surface area contributed by atoms with E-state index in [0.717, 1.165) is 46.0 Å². The second-order valence-electron chi connectivity index (χ2n) is 7.23. The molecular formula is C23H26N4O2S. The molecule has 156 valence electrons. The van der Waals surface area contributed by atoms with E-state index in [2.05, 4.69) is 10.4 Å². The van der Waals surface area contributed by atoms with Crippen LogP contribution < -0.4 is 14.3 Å². The Kier molecular flexibility index (Phi) is 6.59. The van der Waals surface area contributed by atoms with E-state index >= 15 is 0 Å². The Morgan fingerprint density at radius 3 is 2.60 bits per heavy atom. The molecule has 1 fully saturated rings. The van der Waals surface area contributed by atoms with Crippen LogP contribution in [0.25, 0.3) is 11.3 Å². The lowest BCUT2D eigenvalue weighted by Crippen LogP contribution is -2.19. The van der Waals surface area contributed by atoms with Crippen molar-refractivity contribution in [3.8, 4) is 22.8 Å². The van der Waals surface area contributed by atoms with Gasteiger partial charge in [-0.1, -0.05) is 19.3 Å². The number of hydrogen-bond acceptors (Lipinski definition) is 6. The number of nitrogens with zero attached hydrogens (tertiary/aromatic N) is 4. The van der Waals surface area contributed by atoms with Crippen LogP contribution >= 0.6 is 11.3 Å². The van der Waals surface area contributed by atoms with Crippen molar-refractivity contribution in [2.75, 3.05) is 14.2 Å². The monoisotopic (exact) mass is 422 g/mol. The van der Waals surface area contributed by atoms with Crippen molar-refractivity contribution in [1.29, 1.82) is 0 Å². The van der Waals surface area contributed by atoms with E-state index in [0.29, 0.717) is 6.04 Å². The van der Waals surface area contributed by atoms with Crippen LogP contribution in [-0.4, -0.2) is 36.1 Å². The highest BCUT2D eigenvalue weighted by Gasteiger charge is 2.16. The third-order valence-electron chi connectivity index (χ3n) is 5.26. The van der Waals surface area contributed by atoms with Crippen LogP contribution in [-0.2, 0) is 0 Å². The number of methoxy groups -OCH3 is 2. The summed E-state index contributed by atoms with van der Waals surface area (Å²) in [5.41, 5.74) is 2.83. The summed E-state index contributed by atoms with van der Waals surface area (Å²) < 4.78 is 13.0. The summed E-state index contributed by atoms with van der Waals surface area (Å²) in [4.78, 5) is 10.0. The summed E-state index contributed by atoms with van der Waals surface area (Å²) in [6.45, 7) is 0. The molecule has 1 aromatic carbocycles. The molecule has 0 saturated heterocycles. The minimum atomic E-state index is 0.361. The lowest BCUT2D eigenvalue weighted by molar-refractivity contribution is 0.404. The van der Waals surface area contributed by atoms with Gasteiger partial charge in [0.2, 0.25) is 4.80 Å². The van der Waals surface area contributed by atoms with E-state index in [1.807, 2.05) is 41.2 Å². The number of ether oxygens (including phenoxy) is 2. The maximum Gasteiger partial charge on any atom is 0.206 e. The first-order valence-electron chi connectivity index (χ1n) is 10.2. The van der Waals surface area contributed by atoms with Crippen molar-refractivity contribution in [2.45, 2.75) is 38.1 Å². The summed E-state index contributed by atoms with van der Waals surface area (Å²) in [6.07, 6.45) is 11.5. The lowest BCUT2D eigenvalue weighted by Gasteiger charge is -2.17. The van der Waals surface area contributed by atoms with Gasteiger partial charge in [0, 0.05) is 23.3 Å². The van der Waals surface area contributed by atoms with Crippen LogP contribution in [0.1, 0.15) is 37.7 Å². The topological polar surface area (TPSA) is 61.0 Å². The molecule has 0 atom stereocenters. The molecule has 3 aromatic rings. The summed E-state index contributed by atoms with van der Waals surface area (Å²) >= 11 is 1.61. The molecule has 2 aromatic heterocycles. The van der Waals surface area contributed by atoms with Gasteiger partial charge in [0.15, 0.2) is 0 Å². The first-order chi connectivity index (χ1) is 14.8. The van der Waals surface area contributed by atoms with Crippen molar-refractivity contribution in [1.82, 2.24) is 9.66 Å². The van der Waals surface area contributed by atoms with E-state index in [1.165, 1.54) is 19.3 Å². The lowest BCUT2D eigenvalue weighted by atomic mass is 9.96. The van der Waals surface area contributed by atoms with Crippen LogP contribution in [0.15, 0.2) is 58.2 Å². The smallest absolute Gasteiger partial charge is 0.206 e. The highest BCUT2D eigenvalue weighted by atomic mass is 32.1. The normalized spacial score (nSPS) is 15.6. The number of thiazole rings is 1. The van der Waals surface area contributed by atoms with Crippen LogP contribution in [0, 0.1) is 0 Å². The average Bonchev–Trinajstić information content (AvgIpc) is 3.20. The Morgan fingerprint density at radius 1 is 1.07 bits per heavy atom. The van der Waals surface area contributed by atoms with Gasteiger partial charge in [-0.2, -0.15) is 5.10 Å². The van der Waals surface area contributed by atoms with Gasteiger partial charge in [-0.15, -0.1) is 11.3 Å². The molecule has 1 saturated carbocycles. The Balaban J connectivity index is 1.83. The number of pyridine rings is 1. The minimum absolute atomic E-state index is 0.361. The van der Waals surface area contributed by atoms with Gasteiger partial charge in [0.05, 0.1) is 32.2 Å². The first-order valence-corrected chi connectivity index (χ1v) is 11.1. The van der Waals surface area contributed by atoms with Crippen LogP contribution in [0.5, 0.6) is 11.5 Å². The summed E-state index contributed by atoms with van der Waals surface area (Å²) in [5.74, 6) is 1.54. The Morgan fingerprint density at radius 2 is 1.87 bits per heavy atom. The van der Waals surface area contributed by atoms with Crippen molar-refractivity contribution in [2.24, 2.45) is 10.1 Å². The third kappa shape index (κ3) is 4.62. The first kappa shape index (κ1) is 20.3. The number of hydrogen-bond donors (Lipinski definition) is 0. The fraction of sp³-hybridized carbons (Fsp3) is 0.348. The van der Waals surface area contributed by atoms with E-state index in [4.69, 9.17) is 19.6 Å². The van der Waals surface area contributed by atoms with Gasteiger partial charge in [0.25, 0.3) is 0 Å². The van der Waals surface area contributed by atoms with E-state index in [1.54, 1.807) is 38.0 Å². The molecule has 0 N–H and O–H groups in total. The zero-order chi connectivity index (χ0) is 20.8. The SMILES string of the molecule is COc1ccc(OC)c(-c2csc(=NC3CCCCC3)n2N=Cc2ccncc2)c1. The van der Waals surface area contributed by atoms with Crippen molar-refractivity contribution >= 4 is 17.6 Å². The van der Waals surface area contributed by atoms with Crippen molar-refractivity contribution in [3.63, 3.8) is 0 Å². The zero-order valence-electron chi connectivity index (χ0n) is 17.3. The molecule has 6 nitrogen and oxygen atoms in total. The molecule has 30 heavy (non-hydrogen) atoms. The Hall–Kier alpha value is -2.93. The molecule has 0 amide bonds. The van der Waals surface area contributed by atoms with Gasteiger partial charge >= 0.3 is 0 Å². The molecule has 1 aliphatic carbocycles. The molecule has 0 bridgehead atoms. The molecule has 0 spiro atoms. The van der Waals surface area contributed by atoms with Gasteiger partial charge in [-0.3, -0.25) is 9.98 Å². The minimum Gasteiger partial charge on any atom is -0.497 e. The number of rotatable bonds is 6. The third-order valence-corrected chi connectivity index (χ3v) is 6.09. The second kappa shape index (κ2) is 9.71. The van der Waals surface area contributed by atoms with Crippen LogP contribution in [0.3, 0.4) is 0 Å². The molecule has 0 aliphatic heterocycles. The van der Waals surface area contributed by atoms with Crippen molar-refractivity contribution < 1.29 is 9.47 Å². The summed E-state index contributed by atoms with van der Waals surface area (Å²) in [6, 6.07) is 10.0. The van der Waals surface area contributed by atoms with E-state index in [-0.39, 0.29) is 0 Å². The Bertz CT molecular complexity index is 1070. The van der Waals surface area contributed by atoms with Gasteiger partial charge < -0.3 is 9.47 Å². The molecule has 4 rings (SSSR count). The number of aromatic nitrogens is 2. The van der Waals surface area contributed by atoms with E-state index in [9.17, 15) is 0 Å². The van der Waals surface area contributed by atoms with Gasteiger partial charge in [0.1, 0.15) is 11.5 Å². The molecule has 0 unspecified atom stereocenters. The maximum absolute atomic E-state index is 5.62. The average molecular weight is 423 g/mol. The predicted octanol–water partition coefficient (Wildman–Crippen LogP) is 4.74. The summed E-state index contributed by atoms with van der Waals surface area (Å²) in [7, 11) is 3.34. The van der Waals surface area contributed by atoms with Crippen LogP contribution in [0.4, 0.5) is 0 Å². The number of benzene rings is 1. The molecule has 2 heterocycles. The quantitative estimate of drug-likeness (QED) is 0.539. The van der Waals surface area contributed by atoms with Crippen molar-refractivity contribution in [3.05, 3.63) is 58.5 Å². The van der Waals surface area contributed by atoms with E-state index < -0.39 is 0 Å². The zero-order valence-corrected chi connectivity index (χ0v) is 18.1. The molecule has 7 heteroatoms. The largest absolute Gasteiger partial charge is 0.497 e. The fourth-order valence-electron chi connectivity index (χ4n) is 3.64. The standard InChI is InChI=1S/C23H26N4O2S/c1-28-19-8-9-22(29-2)20(14-19)21-16-30-23(26-18-6-4-3-5-7-18)27(21)25-15-17-10-12-24-13-11-17/h8-16,18H,3-7H2,1-2H3. The van der Waals surface area contributed by atoms with Gasteiger partial charge in [-0.05, 0) is 48.7 Å². The summed E-state index contributed by atoms with van der Waals surface area (Å²) in [5, 5.41) is 6.88. The maximum atomic E-state index is 5.62. The van der Waals surface area contributed by atoms with Crippen LogP contribution in [0.2, 0.25) is 0 Å². The highest BCUT2D eigenvalue weighted by Crippen LogP contribution is 2.34. The Labute approximate surface area is 180 Å². The molecule has 0 radical (unpaired) electrons. The second-order valence-corrected chi connectivity index (χ2v) is 8.06. The molecule has 1 aliphatic rings. The highest BCUT2D eigenvalue weighted by molar-refractivity contribution is 7.07.